The zero-order valence-corrected chi connectivity index (χ0v) is 22.4. The summed E-state index contributed by atoms with van der Waals surface area (Å²) < 4.78 is 5.41. The number of methoxy groups -OCH3 is 1. The van der Waals surface area contributed by atoms with Crippen molar-refractivity contribution in [1.29, 1.82) is 0 Å². The van der Waals surface area contributed by atoms with Gasteiger partial charge >= 0.3 is 0 Å². The molecule has 0 bridgehead atoms. The zero-order chi connectivity index (χ0) is 20.6. The third-order valence-corrected chi connectivity index (χ3v) is 6.39. The van der Waals surface area contributed by atoms with Crippen LogP contribution in [0.2, 0.25) is 0 Å². The van der Waals surface area contributed by atoms with Gasteiger partial charge in [0.05, 0.1) is 7.11 Å². The molecule has 0 spiro atoms. The summed E-state index contributed by atoms with van der Waals surface area (Å²) in [4.78, 5) is 4.74. The molecule has 0 unspecified atom stereocenters. The lowest BCUT2D eigenvalue weighted by Gasteiger charge is -2.29. The maximum Gasteiger partial charge on any atom is 0.122 e. The van der Waals surface area contributed by atoms with Crippen LogP contribution in [0.5, 0.6) is 11.5 Å². The van der Waals surface area contributed by atoms with Gasteiger partial charge in [-0.05, 0) is 101 Å². The summed E-state index contributed by atoms with van der Waals surface area (Å²) in [7, 11) is 6.10. The van der Waals surface area contributed by atoms with Crippen LogP contribution in [0.1, 0.15) is 48.6 Å². The molecule has 2 aliphatic rings. The van der Waals surface area contributed by atoms with Crippen LogP contribution in [0.4, 0.5) is 0 Å². The largest absolute Gasteiger partial charge is 0.508 e. The second kappa shape index (κ2) is 14.1. The Morgan fingerprint density at radius 1 is 0.710 bits per heavy atom. The van der Waals surface area contributed by atoms with Crippen molar-refractivity contribution in [1.82, 2.24) is 9.80 Å². The molecule has 0 aromatic heterocycles. The molecular weight excluding hydrogens is 520 g/mol. The number of likely N-dealkylation sites (tertiary alicyclic amines) is 2. The van der Waals surface area contributed by atoms with Gasteiger partial charge in [-0.3, -0.25) is 0 Å². The number of halogens is 2. The van der Waals surface area contributed by atoms with Gasteiger partial charge in [-0.1, -0.05) is 36.4 Å². The second-order valence-electron chi connectivity index (χ2n) is 8.46. The highest BCUT2D eigenvalue weighted by Gasteiger charge is 2.21. The number of benzene rings is 2. The fourth-order valence-corrected chi connectivity index (χ4v) is 4.48. The molecule has 0 aliphatic carbocycles. The molecule has 0 radical (unpaired) electrons. The number of para-hydroxylation sites is 2. The Labute approximate surface area is 209 Å². The van der Waals surface area contributed by atoms with Crippen molar-refractivity contribution < 1.29 is 9.84 Å². The predicted octanol–water partition coefficient (Wildman–Crippen LogP) is 5.86. The molecule has 2 aromatic rings. The van der Waals surface area contributed by atoms with Crippen molar-refractivity contribution in [2.75, 3.05) is 47.4 Å². The molecule has 0 atom stereocenters. The first-order valence-corrected chi connectivity index (χ1v) is 10.9. The summed E-state index contributed by atoms with van der Waals surface area (Å²) >= 11 is 0. The van der Waals surface area contributed by atoms with Crippen molar-refractivity contribution in [3.05, 3.63) is 59.7 Å². The normalized spacial score (nSPS) is 18.2. The van der Waals surface area contributed by atoms with E-state index in [4.69, 9.17) is 4.74 Å². The van der Waals surface area contributed by atoms with Crippen LogP contribution in [-0.2, 0) is 0 Å². The van der Waals surface area contributed by atoms with Crippen molar-refractivity contribution >= 4 is 34.0 Å². The van der Waals surface area contributed by atoms with Crippen LogP contribution < -0.4 is 4.74 Å². The number of phenols is 1. The number of rotatable bonds is 3. The second-order valence-corrected chi connectivity index (χ2v) is 8.46. The summed E-state index contributed by atoms with van der Waals surface area (Å²) in [5, 5.41) is 9.72. The first-order valence-electron chi connectivity index (χ1n) is 10.9. The number of aromatic hydroxyl groups is 1. The van der Waals surface area contributed by atoms with E-state index >= 15 is 0 Å². The Morgan fingerprint density at radius 3 is 1.61 bits per heavy atom. The quantitative estimate of drug-likeness (QED) is 0.512. The van der Waals surface area contributed by atoms with Gasteiger partial charge in [-0.25, -0.2) is 0 Å². The maximum atomic E-state index is 9.72. The van der Waals surface area contributed by atoms with E-state index < -0.39 is 0 Å². The lowest BCUT2D eigenvalue weighted by atomic mass is 9.89. The highest BCUT2D eigenvalue weighted by Crippen LogP contribution is 2.34. The molecule has 2 aliphatic heterocycles. The molecule has 2 fully saturated rings. The smallest absolute Gasteiger partial charge is 0.122 e. The number of hydrogen-bond acceptors (Lipinski definition) is 4. The van der Waals surface area contributed by atoms with E-state index in [1.54, 1.807) is 13.2 Å². The highest BCUT2D eigenvalue weighted by atomic mass is 79.9. The van der Waals surface area contributed by atoms with Gasteiger partial charge < -0.3 is 19.6 Å². The van der Waals surface area contributed by atoms with E-state index in [0.717, 1.165) is 37.2 Å². The van der Waals surface area contributed by atoms with Crippen molar-refractivity contribution in [2.24, 2.45) is 0 Å². The molecule has 2 saturated heterocycles. The van der Waals surface area contributed by atoms with Crippen LogP contribution in [0, 0.1) is 0 Å². The van der Waals surface area contributed by atoms with Gasteiger partial charge in [0.1, 0.15) is 11.5 Å². The topological polar surface area (TPSA) is 35.9 Å². The standard InChI is InChI=1S/C13H19NO.C12H17NO.2BrH/c1-14-9-7-11(8-10-14)12-5-3-4-6-13(12)15-2;1-13-8-6-10(7-9-13)11-4-2-3-5-12(11)14;;/h3-6,11H,7-10H2,1-2H3;2-5,10,14H,6-9H2,1H3;2*1H. The number of hydrogen-bond donors (Lipinski definition) is 1. The summed E-state index contributed by atoms with van der Waals surface area (Å²) in [6.45, 7) is 4.67. The molecule has 31 heavy (non-hydrogen) atoms. The Kier molecular flexibility index (Phi) is 12.8. The van der Waals surface area contributed by atoms with E-state index in [1.807, 2.05) is 24.3 Å². The molecule has 6 heteroatoms. The summed E-state index contributed by atoms with van der Waals surface area (Å²) in [5.41, 5.74) is 2.51. The number of phenolic OH excluding ortho intramolecular Hbond substituents is 1. The van der Waals surface area contributed by atoms with E-state index in [9.17, 15) is 5.11 Å². The van der Waals surface area contributed by atoms with Crippen LogP contribution in [0.25, 0.3) is 0 Å². The van der Waals surface area contributed by atoms with E-state index in [0.29, 0.717) is 17.6 Å². The van der Waals surface area contributed by atoms with Gasteiger partial charge in [0.15, 0.2) is 0 Å². The molecule has 4 nitrogen and oxygen atoms in total. The summed E-state index contributed by atoms with van der Waals surface area (Å²) in [6, 6.07) is 16.1. The Balaban J connectivity index is 0.000000292. The number of piperidine rings is 2. The summed E-state index contributed by atoms with van der Waals surface area (Å²) in [5.74, 6) is 2.74. The minimum absolute atomic E-state index is 0. The van der Waals surface area contributed by atoms with E-state index in [2.05, 4.69) is 42.1 Å². The molecule has 2 heterocycles. The summed E-state index contributed by atoms with van der Waals surface area (Å²) in [6.07, 6.45) is 4.82. The Hall–Kier alpha value is -1.08. The molecular formula is C25H38Br2N2O2. The molecule has 1 N–H and O–H groups in total. The first kappa shape index (κ1) is 28.0. The van der Waals surface area contributed by atoms with E-state index in [-0.39, 0.29) is 34.0 Å². The third-order valence-electron chi connectivity index (χ3n) is 6.39. The van der Waals surface area contributed by atoms with Gasteiger partial charge in [-0.15, -0.1) is 34.0 Å². The molecule has 2 aromatic carbocycles. The van der Waals surface area contributed by atoms with Crippen molar-refractivity contribution in [3.63, 3.8) is 0 Å². The fourth-order valence-electron chi connectivity index (χ4n) is 4.48. The lowest BCUT2D eigenvalue weighted by molar-refractivity contribution is 0.252. The van der Waals surface area contributed by atoms with Gasteiger partial charge in [0.25, 0.3) is 0 Å². The first-order chi connectivity index (χ1) is 14.1. The van der Waals surface area contributed by atoms with Gasteiger partial charge in [0, 0.05) is 0 Å². The highest BCUT2D eigenvalue weighted by molar-refractivity contribution is 8.93. The Morgan fingerprint density at radius 2 is 1.13 bits per heavy atom. The number of nitrogens with zero attached hydrogens (tertiary/aromatic N) is 2. The van der Waals surface area contributed by atoms with Crippen molar-refractivity contribution in [3.8, 4) is 11.5 Å². The number of ether oxygens (including phenoxy) is 1. The lowest BCUT2D eigenvalue weighted by Crippen LogP contribution is -2.29. The average Bonchev–Trinajstić information content (AvgIpc) is 2.76. The monoisotopic (exact) mass is 556 g/mol. The van der Waals surface area contributed by atoms with Crippen LogP contribution in [0.15, 0.2) is 48.5 Å². The van der Waals surface area contributed by atoms with Crippen LogP contribution in [-0.4, -0.2) is 62.3 Å². The predicted molar refractivity (Wildman–Crippen MR) is 141 cm³/mol. The average molecular weight is 558 g/mol. The third kappa shape index (κ3) is 8.08. The van der Waals surface area contributed by atoms with Crippen molar-refractivity contribution in [2.45, 2.75) is 37.5 Å². The SMILES string of the molecule is Br.Br.CN1CCC(c2ccccc2O)CC1.COc1ccccc1C1CCN(C)CC1. The van der Waals surface area contributed by atoms with Gasteiger partial charge in [0.2, 0.25) is 0 Å². The molecule has 0 amide bonds. The maximum absolute atomic E-state index is 9.72. The molecule has 174 valence electrons. The minimum atomic E-state index is 0. The van der Waals surface area contributed by atoms with Gasteiger partial charge in [-0.2, -0.15) is 0 Å². The van der Waals surface area contributed by atoms with Crippen LogP contribution in [0.3, 0.4) is 0 Å². The van der Waals surface area contributed by atoms with E-state index in [1.165, 1.54) is 31.5 Å². The Bertz CT molecular complexity index is 759. The fraction of sp³-hybridized carbons (Fsp3) is 0.520. The minimum Gasteiger partial charge on any atom is -0.508 e. The molecule has 4 rings (SSSR count). The molecule has 0 saturated carbocycles. The van der Waals surface area contributed by atoms with Crippen LogP contribution >= 0.6 is 34.0 Å². The zero-order valence-electron chi connectivity index (χ0n) is 19.0.